The standard InChI is InChI=1S/C7H12F2N2O2/c8-7(9)1-2-11(6(12)13)5(3-7)4-10/h5H,1-4,10H2,(H,12,13). The van der Waals surface area contributed by atoms with Crippen LogP contribution in [-0.4, -0.2) is 41.2 Å². The van der Waals surface area contributed by atoms with Gasteiger partial charge in [-0.05, 0) is 0 Å². The predicted molar refractivity (Wildman–Crippen MR) is 41.8 cm³/mol. The van der Waals surface area contributed by atoms with Crippen LogP contribution in [0.3, 0.4) is 0 Å². The fraction of sp³-hybridized carbons (Fsp3) is 0.857. The number of carboxylic acid groups (broad SMARTS) is 1. The summed E-state index contributed by atoms with van der Waals surface area (Å²) in [5.74, 6) is -2.77. The van der Waals surface area contributed by atoms with Crippen LogP contribution in [0.2, 0.25) is 0 Å². The zero-order chi connectivity index (χ0) is 10.1. The number of hydrogen-bond donors (Lipinski definition) is 2. The Hall–Kier alpha value is -0.910. The van der Waals surface area contributed by atoms with Gasteiger partial charge in [-0.2, -0.15) is 0 Å². The molecular formula is C7H12F2N2O2. The van der Waals surface area contributed by atoms with E-state index in [9.17, 15) is 13.6 Å². The first-order valence-electron chi connectivity index (χ1n) is 4.04. The molecule has 0 radical (unpaired) electrons. The van der Waals surface area contributed by atoms with Gasteiger partial charge in [0.2, 0.25) is 0 Å². The summed E-state index contributed by atoms with van der Waals surface area (Å²) < 4.78 is 25.6. The Morgan fingerprint density at radius 1 is 1.69 bits per heavy atom. The van der Waals surface area contributed by atoms with Crippen molar-refractivity contribution in [1.29, 1.82) is 0 Å². The lowest BCUT2D eigenvalue weighted by Gasteiger charge is -2.36. The summed E-state index contributed by atoms with van der Waals surface area (Å²) >= 11 is 0. The number of hydrogen-bond acceptors (Lipinski definition) is 2. The first-order valence-corrected chi connectivity index (χ1v) is 4.04. The van der Waals surface area contributed by atoms with Crippen molar-refractivity contribution in [3.8, 4) is 0 Å². The van der Waals surface area contributed by atoms with Crippen molar-refractivity contribution in [2.24, 2.45) is 5.73 Å². The molecule has 1 rings (SSSR count). The number of alkyl halides is 2. The molecule has 1 atom stereocenters. The van der Waals surface area contributed by atoms with E-state index in [1.165, 1.54) is 0 Å². The number of rotatable bonds is 1. The molecule has 0 aromatic rings. The molecule has 4 nitrogen and oxygen atoms in total. The number of nitrogens with zero attached hydrogens (tertiary/aromatic N) is 1. The van der Waals surface area contributed by atoms with E-state index >= 15 is 0 Å². The molecule has 1 saturated heterocycles. The monoisotopic (exact) mass is 194 g/mol. The molecule has 0 spiro atoms. The minimum atomic E-state index is -2.77. The zero-order valence-corrected chi connectivity index (χ0v) is 7.04. The van der Waals surface area contributed by atoms with E-state index in [0.717, 1.165) is 4.90 Å². The highest BCUT2D eigenvalue weighted by atomic mass is 19.3. The highest BCUT2D eigenvalue weighted by Crippen LogP contribution is 2.31. The van der Waals surface area contributed by atoms with Gasteiger partial charge in [0.25, 0.3) is 5.92 Å². The van der Waals surface area contributed by atoms with Crippen LogP contribution in [0, 0.1) is 0 Å². The van der Waals surface area contributed by atoms with Crippen molar-refractivity contribution in [3.05, 3.63) is 0 Å². The maximum atomic E-state index is 12.8. The van der Waals surface area contributed by atoms with Gasteiger partial charge >= 0.3 is 6.09 Å². The molecule has 0 saturated carbocycles. The molecule has 1 unspecified atom stereocenters. The number of likely N-dealkylation sites (tertiary alicyclic amines) is 1. The summed E-state index contributed by atoms with van der Waals surface area (Å²) in [5.41, 5.74) is 5.21. The molecule has 0 aromatic carbocycles. The smallest absolute Gasteiger partial charge is 0.407 e. The molecule has 76 valence electrons. The first-order chi connectivity index (χ1) is 5.96. The molecule has 1 amide bonds. The number of carbonyl (C=O) groups is 1. The average molecular weight is 194 g/mol. The Bertz CT molecular complexity index is 211. The van der Waals surface area contributed by atoms with Gasteiger partial charge in [0, 0.05) is 25.9 Å². The van der Waals surface area contributed by atoms with Gasteiger partial charge in [-0.1, -0.05) is 0 Å². The summed E-state index contributed by atoms with van der Waals surface area (Å²) in [6, 6.07) is -0.749. The average Bonchev–Trinajstić information content (AvgIpc) is 2.01. The van der Waals surface area contributed by atoms with Crippen LogP contribution in [0.15, 0.2) is 0 Å². The second-order valence-electron chi connectivity index (χ2n) is 3.18. The van der Waals surface area contributed by atoms with E-state index in [-0.39, 0.29) is 13.1 Å². The first kappa shape index (κ1) is 10.2. The Morgan fingerprint density at radius 2 is 2.31 bits per heavy atom. The normalized spacial score (nSPS) is 27.3. The van der Waals surface area contributed by atoms with E-state index in [1.807, 2.05) is 0 Å². The highest BCUT2D eigenvalue weighted by Gasteiger charge is 2.41. The minimum Gasteiger partial charge on any atom is -0.465 e. The van der Waals surface area contributed by atoms with E-state index in [2.05, 4.69) is 0 Å². The fourth-order valence-electron chi connectivity index (χ4n) is 1.49. The van der Waals surface area contributed by atoms with Crippen LogP contribution >= 0.6 is 0 Å². The SMILES string of the molecule is NCC1CC(F)(F)CCN1C(=O)O. The molecule has 6 heteroatoms. The lowest BCUT2D eigenvalue weighted by atomic mass is 9.99. The summed E-state index contributed by atoms with van der Waals surface area (Å²) in [5, 5.41) is 8.64. The third kappa shape index (κ3) is 2.27. The molecule has 0 aromatic heterocycles. The number of halogens is 2. The van der Waals surface area contributed by atoms with E-state index in [1.54, 1.807) is 0 Å². The minimum absolute atomic E-state index is 0.0537. The van der Waals surface area contributed by atoms with Crippen LogP contribution in [0.1, 0.15) is 12.8 Å². The predicted octanol–water partition coefficient (Wildman–Crippen LogP) is 0.723. The fourth-order valence-corrected chi connectivity index (χ4v) is 1.49. The van der Waals surface area contributed by atoms with E-state index in [0.29, 0.717) is 0 Å². The van der Waals surface area contributed by atoms with E-state index in [4.69, 9.17) is 10.8 Å². The van der Waals surface area contributed by atoms with E-state index < -0.39 is 30.9 Å². The number of piperidine rings is 1. The Morgan fingerprint density at radius 3 is 2.77 bits per heavy atom. The molecular weight excluding hydrogens is 182 g/mol. The summed E-state index contributed by atoms with van der Waals surface area (Å²) in [6.45, 7) is -0.188. The van der Waals surface area contributed by atoms with Gasteiger partial charge < -0.3 is 15.7 Å². The Kier molecular flexibility index (Phi) is 2.70. The van der Waals surface area contributed by atoms with Crippen molar-refractivity contribution in [2.45, 2.75) is 24.8 Å². The molecule has 0 aliphatic carbocycles. The quantitative estimate of drug-likeness (QED) is 0.646. The Labute approximate surface area is 74.3 Å². The van der Waals surface area contributed by atoms with Crippen LogP contribution < -0.4 is 5.73 Å². The van der Waals surface area contributed by atoms with Gasteiger partial charge in [-0.15, -0.1) is 0 Å². The van der Waals surface area contributed by atoms with Crippen LogP contribution in [0.4, 0.5) is 13.6 Å². The molecule has 1 aliphatic heterocycles. The molecule has 1 fully saturated rings. The second kappa shape index (κ2) is 3.45. The van der Waals surface area contributed by atoms with Crippen LogP contribution in [0.5, 0.6) is 0 Å². The van der Waals surface area contributed by atoms with Crippen molar-refractivity contribution in [1.82, 2.24) is 4.90 Å². The molecule has 1 aliphatic rings. The lowest BCUT2D eigenvalue weighted by Crippen LogP contribution is -2.52. The number of amides is 1. The molecule has 13 heavy (non-hydrogen) atoms. The second-order valence-corrected chi connectivity index (χ2v) is 3.18. The number of nitrogens with two attached hydrogens (primary N) is 1. The van der Waals surface area contributed by atoms with Gasteiger partial charge in [-0.25, -0.2) is 13.6 Å². The topological polar surface area (TPSA) is 66.6 Å². The zero-order valence-electron chi connectivity index (χ0n) is 7.04. The van der Waals surface area contributed by atoms with Crippen molar-refractivity contribution in [2.75, 3.05) is 13.1 Å². The van der Waals surface area contributed by atoms with Crippen LogP contribution in [0.25, 0.3) is 0 Å². The van der Waals surface area contributed by atoms with Crippen molar-refractivity contribution >= 4 is 6.09 Å². The lowest BCUT2D eigenvalue weighted by molar-refractivity contribution is -0.0695. The van der Waals surface area contributed by atoms with Crippen LogP contribution in [-0.2, 0) is 0 Å². The summed E-state index contributed by atoms with van der Waals surface area (Å²) in [6.07, 6.45) is -2.04. The van der Waals surface area contributed by atoms with Gasteiger partial charge in [0.1, 0.15) is 0 Å². The van der Waals surface area contributed by atoms with Gasteiger partial charge in [-0.3, -0.25) is 0 Å². The third-order valence-corrected chi connectivity index (χ3v) is 2.21. The highest BCUT2D eigenvalue weighted by molar-refractivity contribution is 5.65. The maximum absolute atomic E-state index is 12.8. The van der Waals surface area contributed by atoms with Crippen molar-refractivity contribution in [3.63, 3.8) is 0 Å². The molecule has 1 heterocycles. The largest absolute Gasteiger partial charge is 0.465 e. The Balaban J connectivity index is 2.66. The molecule has 3 N–H and O–H groups in total. The summed E-state index contributed by atoms with van der Waals surface area (Å²) in [4.78, 5) is 11.5. The van der Waals surface area contributed by atoms with Crippen molar-refractivity contribution < 1.29 is 18.7 Å². The van der Waals surface area contributed by atoms with Gasteiger partial charge in [0.15, 0.2) is 0 Å². The third-order valence-electron chi connectivity index (χ3n) is 2.21. The molecule has 0 bridgehead atoms. The van der Waals surface area contributed by atoms with Gasteiger partial charge in [0.05, 0.1) is 6.04 Å². The summed E-state index contributed by atoms with van der Waals surface area (Å²) in [7, 11) is 0. The maximum Gasteiger partial charge on any atom is 0.407 e.